The Labute approximate surface area is 158 Å². The first-order chi connectivity index (χ1) is 13.0. The topological polar surface area (TPSA) is 77.1 Å². The molecule has 1 saturated heterocycles. The van der Waals surface area contributed by atoms with E-state index in [1.54, 1.807) is 11.5 Å². The maximum Gasteiger partial charge on any atom is 0.332 e. The molecule has 8 heteroatoms. The summed E-state index contributed by atoms with van der Waals surface area (Å²) in [5.41, 5.74) is 1.25. The van der Waals surface area contributed by atoms with E-state index in [0.717, 1.165) is 36.3 Å². The van der Waals surface area contributed by atoms with Gasteiger partial charge in [0.2, 0.25) is 5.95 Å². The summed E-state index contributed by atoms with van der Waals surface area (Å²) in [5, 5.41) is 3.32. The summed E-state index contributed by atoms with van der Waals surface area (Å²) in [4.78, 5) is 32.5. The van der Waals surface area contributed by atoms with Gasteiger partial charge in [0.25, 0.3) is 5.56 Å². The zero-order valence-corrected chi connectivity index (χ0v) is 16.4. The average Bonchev–Trinajstić information content (AvgIpc) is 3.04. The van der Waals surface area contributed by atoms with Crippen LogP contribution in [-0.4, -0.2) is 44.9 Å². The molecule has 0 spiro atoms. The number of rotatable bonds is 4. The summed E-state index contributed by atoms with van der Waals surface area (Å²) in [6, 6.07) is 0. The number of nitrogens with one attached hydrogen (secondary N) is 1. The van der Waals surface area contributed by atoms with Gasteiger partial charge in [-0.25, -0.2) is 4.79 Å². The minimum absolute atomic E-state index is 0.338. The smallest absolute Gasteiger partial charge is 0.332 e. The van der Waals surface area contributed by atoms with Crippen molar-refractivity contribution in [3.63, 3.8) is 0 Å². The second-order valence-electron chi connectivity index (χ2n) is 6.87. The molecule has 3 rings (SSSR count). The van der Waals surface area contributed by atoms with Crippen LogP contribution in [0.3, 0.4) is 0 Å². The van der Waals surface area contributed by atoms with Crippen LogP contribution >= 0.6 is 0 Å². The first-order valence-corrected chi connectivity index (χ1v) is 9.14. The molecule has 0 saturated carbocycles. The predicted molar refractivity (Wildman–Crippen MR) is 107 cm³/mol. The number of piperazine rings is 1. The molecule has 27 heavy (non-hydrogen) atoms. The molecule has 0 unspecified atom stereocenters. The molecular formula is C19H26N6O2. The molecule has 1 fully saturated rings. The van der Waals surface area contributed by atoms with Gasteiger partial charge in [-0.15, -0.1) is 5.92 Å². The van der Waals surface area contributed by atoms with Crippen molar-refractivity contribution < 1.29 is 0 Å². The molecule has 1 aliphatic heterocycles. The van der Waals surface area contributed by atoms with Gasteiger partial charge in [0.1, 0.15) is 0 Å². The largest absolute Gasteiger partial charge is 0.340 e. The minimum atomic E-state index is -0.358. The van der Waals surface area contributed by atoms with E-state index in [-0.39, 0.29) is 11.2 Å². The Kier molecular flexibility index (Phi) is 5.51. The Morgan fingerprint density at radius 3 is 2.56 bits per heavy atom. The van der Waals surface area contributed by atoms with Crippen LogP contribution in [0.1, 0.15) is 20.8 Å². The number of nitrogens with zero attached hydrogens (tertiary/aromatic N) is 5. The zero-order valence-electron chi connectivity index (χ0n) is 16.4. The number of hydrogen-bond acceptors (Lipinski definition) is 5. The van der Waals surface area contributed by atoms with Crippen molar-refractivity contribution in [3.05, 3.63) is 32.5 Å². The van der Waals surface area contributed by atoms with E-state index in [4.69, 9.17) is 4.98 Å². The van der Waals surface area contributed by atoms with Crippen molar-refractivity contribution in [2.45, 2.75) is 33.9 Å². The molecule has 0 amide bonds. The van der Waals surface area contributed by atoms with Gasteiger partial charge in [0, 0.05) is 39.8 Å². The Hall–Kier alpha value is -2.79. The maximum absolute atomic E-state index is 12.9. The van der Waals surface area contributed by atoms with Crippen LogP contribution in [-0.2, 0) is 20.1 Å². The number of aromatic nitrogens is 4. The lowest BCUT2D eigenvalue weighted by Crippen LogP contribution is -2.44. The molecule has 0 aliphatic carbocycles. The Morgan fingerprint density at radius 2 is 1.93 bits per heavy atom. The standard InChI is InChI=1S/C19H26N6O2/c1-5-6-10-24-15-16(21-18(24)23-12-8-20-9-13-23)25(11-7-14(2)3)19(27)22(4)17(15)26/h7,20H,8-13H2,1-4H3. The van der Waals surface area contributed by atoms with Gasteiger partial charge in [-0.05, 0) is 20.8 Å². The van der Waals surface area contributed by atoms with E-state index in [1.807, 2.05) is 24.5 Å². The SMILES string of the molecule is CC#CCn1c(N2CCNCC2)nc2c1c(=O)n(C)c(=O)n2CC=C(C)C. The fourth-order valence-corrected chi connectivity index (χ4v) is 3.20. The van der Waals surface area contributed by atoms with Crippen molar-refractivity contribution in [1.82, 2.24) is 24.0 Å². The number of hydrogen-bond donors (Lipinski definition) is 1. The molecular weight excluding hydrogens is 344 g/mol. The Balaban J connectivity index is 2.32. The fourth-order valence-electron chi connectivity index (χ4n) is 3.20. The molecule has 1 N–H and O–H groups in total. The molecule has 1 aliphatic rings. The van der Waals surface area contributed by atoms with Gasteiger partial charge in [-0.3, -0.25) is 18.5 Å². The Morgan fingerprint density at radius 1 is 1.22 bits per heavy atom. The number of imidazole rings is 1. The average molecular weight is 370 g/mol. The highest BCUT2D eigenvalue weighted by atomic mass is 16.2. The number of anilines is 1. The van der Waals surface area contributed by atoms with Crippen molar-refractivity contribution >= 4 is 17.1 Å². The minimum Gasteiger partial charge on any atom is -0.340 e. The third-order valence-corrected chi connectivity index (χ3v) is 4.71. The number of allylic oxidation sites excluding steroid dienone is 2. The maximum atomic E-state index is 12.9. The molecule has 0 atom stereocenters. The van der Waals surface area contributed by atoms with E-state index < -0.39 is 0 Å². The molecule has 144 valence electrons. The Bertz CT molecular complexity index is 1050. The second-order valence-corrected chi connectivity index (χ2v) is 6.87. The van der Waals surface area contributed by atoms with Crippen LogP contribution < -0.4 is 21.5 Å². The highest BCUT2D eigenvalue weighted by molar-refractivity contribution is 5.75. The van der Waals surface area contributed by atoms with Crippen LogP contribution in [0.15, 0.2) is 21.2 Å². The van der Waals surface area contributed by atoms with Crippen LogP contribution in [0.5, 0.6) is 0 Å². The number of fused-ring (bicyclic) bond motifs is 1. The van der Waals surface area contributed by atoms with Gasteiger partial charge in [0.05, 0.1) is 6.54 Å². The normalized spacial score (nSPS) is 14.1. The van der Waals surface area contributed by atoms with E-state index >= 15 is 0 Å². The molecule has 0 aromatic carbocycles. The van der Waals surface area contributed by atoms with Crippen LogP contribution in [0, 0.1) is 11.8 Å². The lowest BCUT2D eigenvalue weighted by atomic mass is 10.3. The monoisotopic (exact) mass is 370 g/mol. The highest BCUT2D eigenvalue weighted by Gasteiger charge is 2.23. The van der Waals surface area contributed by atoms with Crippen molar-refractivity contribution in [1.29, 1.82) is 0 Å². The summed E-state index contributed by atoms with van der Waals surface area (Å²) in [6.45, 7) is 9.76. The van der Waals surface area contributed by atoms with Crippen molar-refractivity contribution in [2.75, 3.05) is 31.1 Å². The van der Waals surface area contributed by atoms with E-state index in [2.05, 4.69) is 22.1 Å². The van der Waals surface area contributed by atoms with Gasteiger partial charge >= 0.3 is 5.69 Å². The summed E-state index contributed by atoms with van der Waals surface area (Å²) in [5.74, 6) is 6.62. The van der Waals surface area contributed by atoms with Crippen LogP contribution in [0.2, 0.25) is 0 Å². The molecule has 0 bridgehead atoms. The first kappa shape index (κ1) is 19.0. The molecule has 2 aromatic heterocycles. The molecule has 8 nitrogen and oxygen atoms in total. The third-order valence-electron chi connectivity index (χ3n) is 4.71. The summed E-state index contributed by atoms with van der Waals surface area (Å²) >= 11 is 0. The van der Waals surface area contributed by atoms with E-state index in [1.165, 1.54) is 7.05 Å². The lowest BCUT2D eigenvalue weighted by molar-refractivity contribution is 0.573. The highest BCUT2D eigenvalue weighted by Crippen LogP contribution is 2.20. The summed E-state index contributed by atoms with van der Waals surface area (Å²) in [7, 11) is 1.51. The third kappa shape index (κ3) is 3.55. The molecule has 3 heterocycles. The first-order valence-electron chi connectivity index (χ1n) is 9.14. The molecule has 2 aromatic rings. The predicted octanol–water partition coefficient (Wildman–Crippen LogP) is 0.296. The lowest BCUT2D eigenvalue weighted by Gasteiger charge is -2.28. The van der Waals surface area contributed by atoms with Gasteiger partial charge < -0.3 is 10.2 Å². The quantitative estimate of drug-likeness (QED) is 0.619. The van der Waals surface area contributed by atoms with Crippen LogP contribution in [0.4, 0.5) is 5.95 Å². The molecule has 0 radical (unpaired) electrons. The summed E-state index contributed by atoms with van der Waals surface area (Å²) in [6.07, 6.45) is 1.96. The van der Waals surface area contributed by atoms with Crippen molar-refractivity contribution in [3.8, 4) is 11.8 Å². The van der Waals surface area contributed by atoms with Crippen LogP contribution in [0.25, 0.3) is 11.2 Å². The van der Waals surface area contributed by atoms with Crippen molar-refractivity contribution in [2.24, 2.45) is 7.05 Å². The fraction of sp³-hybridized carbons (Fsp3) is 0.526. The van der Waals surface area contributed by atoms with Gasteiger partial charge in [-0.1, -0.05) is 17.6 Å². The zero-order chi connectivity index (χ0) is 19.6. The summed E-state index contributed by atoms with van der Waals surface area (Å²) < 4.78 is 4.56. The van der Waals surface area contributed by atoms with E-state index in [0.29, 0.717) is 30.2 Å². The van der Waals surface area contributed by atoms with E-state index in [9.17, 15) is 9.59 Å². The second kappa shape index (κ2) is 7.84. The van der Waals surface area contributed by atoms with Gasteiger partial charge in [-0.2, -0.15) is 4.98 Å². The van der Waals surface area contributed by atoms with Gasteiger partial charge in [0.15, 0.2) is 11.2 Å².